The fraction of sp³-hybridized carbons (Fsp3) is 0.667. The lowest BCUT2D eigenvalue weighted by atomic mass is 9.93. The molecule has 0 radical (unpaired) electrons. The predicted molar refractivity (Wildman–Crippen MR) is 61.5 cm³/mol. The molecule has 0 saturated heterocycles. The third-order valence-corrected chi connectivity index (χ3v) is 2.60. The molecule has 96 valence electrons. The Morgan fingerprint density at radius 1 is 1.59 bits per heavy atom. The fourth-order valence-corrected chi connectivity index (χ4v) is 1.70. The molecule has 17 heavy (non-hydrogen) atoms. The monoisotopic (exact) mass is 241 g/mol. The predicted octanol–water partition coefficient (Wildman–Crippen LogP) is 1.51. The van der Waals surface area contributed by atoms with Crippen LogP contribution in [-0.4, -0.2) is 29.9 Å². The highest BCUT2D eigenvalue weighted by Crippen LogP contribution is 2.26. The lowest BCUT2D eigenvalue weighted by molar-refractivity contribution is -0.144. The number of rotatable bonds is 6. The molecular weight excluding hydrogens is 222 g/mol. The number of methoxy groups -OCH3 is 1. The lowest BCUT2D eigenvalue weighted by Crippen LogP contribution is -2.19. The molecule has 1 N–H and O–H groups in total. The van der Waals surface area contributed by atoms with Gasteiger partial charge < -0.3 is 14.4 Å². The van der Waals surface area contributed by atoms with Crippen molar-refractivity contribution in [2.24, 2.45) is 5.92 Å². The first-order valence-corrected chi connectivity index (χ1v) is 5.74. The van der Waals surface area contributed by atoms with Crippen LogP contribution in [0.15, 0.2) is 10.6 Å². The number of aromatic nitrogens is 1. The number of carbonyl (C=O) groups excluding carboxylic acids is 1. The van der Waals surface area contributed by atoms with Gasteiger partial charge >= 0.3 is 5.97 Å². The Labute approximate surface area is 101 Å². The summed E-state index contributed by atoms with van der Waals surface area (Å²) in [5, 5.41) is 12.6. The van der Waals surface area contributed by atoms with Gasteiger partial charge in [0.25, 0.3) is 0 Å². The Morgan fingerprint density at radius 2 is 2.29 bits per heavy atom. The fourth-order valence-electron chi connectivity index (χ4n) is 1.70. The van der Waals surface area contributed by atoms with Gasteiger partial charge in [-0.2, -0.15) is 0 Å². The first-order valence-electron chi connectivity index (χ1n) is 5.74. The van der Waals surface area contributed by atoms with Crippen LogP contribution >= 0.6 is 0 Å². The van der Waals surface area contributed by atoms with Crippen molar-refractivity contribution in [1.29, 1.82) is 0 Å². The minimum atomic E-state index is -0.421. The maximum Gasteiger partial charge on any atom is 0.316 e. The molecule has 1 rings (SSSR count). The molecule has 0 saturated carbocycles. The molecule has 1 atom stereocenters. The largest absolute Gasteiger partial charge is 0.468 e. The molecule has 0 aromatic carbocycles. The van der Waals surface area contributed by atoms with E-state index in [4.69, 9.17) is 14.4 Å². The Morgan fingerprint density at radius 3 is 2.82 bits per heavy atom. The van der Waals surface area contributed by atoms with Gasteiger partial charge in [-0.3, -0.25) is 4.79 Å². The smallest absolute Gasteiger partial charge is 0.316 e. The lowest BCUT2D eigenvalue weighted by Gasteiger charge is -2.14. The summed E-state index contributed by atoms with van der Waals surface area (Å²) >= 11 is 0. The van der Waals surface area contributed by atoms with E-state index in [0.29, 0.717) is 18.6 Å². The van der Waals surface area contributed by atoms with Crippen molar-refractivity contribution >= 4 is 5.97 Å². The average molecular weight is 241 g/mol. The van der Waals surface area contributed by atoms with Crippen molar-refractivity contribution in [2.45, 2.75) is 32.6 Å². The molecular formula is C12H19NO4. The minimum Gasteiger partial charge on any atom is -0.468 e. The molecule has 0 aliphatic heterocycles. The number of carbonyl (C=O) groups is 1. The molecule has 0 spiro atoms. The van der Waals surface area contributed by atoms with Gasteiger partial charge in [0.1, 0.15) is 5.92 Å². The molecule has 0 bridgehead atoms. The number of hydrogen-bond acceptors (Lipinski definition) is 5. The van der Waals surface area contributed by atoms with Crippen molar-refractivity contribution < 1.29 is 19.2 Å². The van der Waals surface area contributed by atoms with Crippen LogP contribution in [0.3, 0.4) is 0 Å². The van der Waals surface area contributed by atoms with Gasteiger partial charge in [0.05, 0.1) is 12.8 Å². The zero-order valence-electron chi connectivity index (χ0n) is 10.5. The molecule has 5 nitrogen and oxygen atoms in total. The van der Waals surface area contributed by atoms with Crippen molar-refractivity contribution in [2.75, 3.05) is 13.7 Å². The van der Waals surface area contributed by atoms with E-state index in [-0.39, 0.29) is 18.5 Å². The van der Waals surface area contributed by atoms with Crippen LogP contribution in [0.4, 0.5) is 0 Å². The van der Waals surface area contributed by atoms with Gasteiger partial charge in [-0.15, -0.1) is 0 Å². The summed E-state index contributed by atoms with van der Waals surface area (Å²) in [4.78, 5) is 11.6. The van der Waals surface area contributed by atoms with E-state index in [2.05, 4.69) is 5.16 Å². The summed E-state index contributed by atoms with van der Waals surface area (Å²) in [5.74, 6) is -0.124. The van der Waals surface area contributed by atoms with E-state index in [0.717, 1.165) is 5.69 Å². The number of aliphatic hydroxyl groups is 1. The van der Waals surface area contributed by atoms with Gasteiger partial charge in [-0.25, -0.2) is 0 Å². The van der Waals surface area contributed by atoms with Gasteiger partial charge in [0.15, 0.2) is 5.76 Å². The summed E-state index contributed by atoms with van der Waals surface area (Å²) in [6.45, 7) is 3.97. The molecule has 0 fully saturated rings. The zero-order valence-corrected chi connectivity index (χ0v) is 10.5. The Hall–Kier alpha value is -1.36. The average Bonchev–Trinajstić information content (AvgIpc) is 2.74. The number of esters is 1. The molecule has 5 heteroatoms. The Bertz CT molecular complexity index is 359. The summed E-state index contributed by atoms with van der Waals surface area (Å²) < 4.78 is 9.93. The number of nitrogens with zero attached hydrogens (tertiary/aromatic N) is 1. The SMILES string of the molecule is COC(=O)C(c1cc(CCCO)no1)C(C)C. The minimum absolute atomic E-state index is 0.0843. The van der Waals surface area contributed by atoms with Gasteiger partial charge in [-0.1, -0.05) is 19.0 Å². The number of aryl methyl sites for hydroxylation is 1. The molecule has 0 amide bonds. The highest BCUT2D eigenvalue weighted by Gasteiger charge is 2.29. The number of ether oxygens (including phenoxy) is 1. The summed E-state index contributed by atoms with van der Waals surface area (Å²) in [7, 11) is 1.36. The Balaban J connectivity index is 2.81. The molecule has 1 unspecified atom stereocenters. The Kier molecular flexibility index (Phi) is 5.15. The number of aliphatic hydroxyl groups excluding tert-OH is 1. The third-order valence-electron chi connectivity index (χ3n) is 2.60. The van der Waals surface area contributed by atoms with E-state index >= 15 is 0 Å². The maximum absolute atomic E-state index is 11.6. The molecule has 1 aromatic rings. The first kappa shape index (κ1) is 13.7. The van der Waals surface area contributed by atoms with E-state index in [1.54, 1.807) is 6.07 Å². The second-order valence-electron chi connectivity index (χ2n) is 4.29. The van der Waals surface area contributed by atoms with Gasteiger partial charge in [-0.05, 0) is 18.8 Å². The molecule has 1 heterocycles. The van der Waals surface area contributed by atoms with Crippen LogP contribution in [0.25, 0.3) is 0 Å². The van der Waals surface area contributed by atoms with Crippen molar-refractivity contribution in [3.63, 3.8) is 0 Å². The van der Waals surface area contributed by atoms with Crippen LogP contribution < -0.4 is 0 Å². The third kappa shape index (κ3) is 3.56. The second-order valence-corrected chi connectivity index (χ2v) is 4.29. The molecule has 1 aromatic heterocycles. The quantitative estimate of drug-likeness (QED) is 0.764. The van der Waals surface area contributed by atoms with Gasteiger partial charge in [0.2, 0.25) is 0 Å². The van der Waals surface area contributed by atoms with Gasteiger partial charge in [0, 0.05) is 12.7 Å². The van der Waals surface area contributed by atoms with Crippen molar-refractivity contribution in [3.8, 4) is 0 Å². The highest BCUT2D eigenvalue weighted by molar-refractivity contribution is 5.77. The van der Waals surface area contributed by atoms with E-state index in [1.165, 1.54) is 7.11 Å². The summed E-state index contributed by atoms with van der Waals surface area (Å²) in [6, 6.07) is 1.76. The molecule has 0 aliphatic carbocycles. The maximum atomic E-state index is 11.6. The normalized spacial score (nSPS) is 12.8. The van der Waals surface area contributed by atoms with Crippen LogP contribution in [-0.2, 0) is 16.0 Å². The van der Waals surface area contributed by atoms with Crippen LogP contribution in [0.5, 0.6) is 0 Å². The van der Waals surface area contributed by atoms with E-state index in [1.807, 2.05) is 13.8 Å². The van der Waals surface area contributed by atoms with Crippen LogP contribution in [0, 0.1) is 5.92 Å². The first-order chi connectivity index (χ1) is 8.10. The van der Waals surface area contributed by atoms with E-state index in [9.17, 15) is 4.79 Å². The molecule has 0 aliphatic rings. The highest BCUT2D eigenvalue weighted by atomic mass is 16.5. The van der Waals surface area contributed by atoms with Crippen molar-refractivity contribution in [3.05, 3.63) is 17.5 Å². The van der Waals surface area contributed by atoms with Crippen LogP contribution in [0.2, 0.25) is 0 Å². The van der Waals surface area contributed by atoms with Crippen LogP contribution in [0.1, 0.15) is 37.6 Å². The summed E-state index contributed by atoms with van der Waals surface area (Å²) in [6.07, 6.45) is 1.28. The summed E-state index contributed by atoms with van der Waals surface area (Å²) in [5.41, 5.74) is 0.753. The second kappa shape index (κ2) is 6.39. The van der Waals surface area contributed by atoms with E-state index < -0.39 is 5.92 Å². The number of hydrogen-bond donors (Lipinski definition) is 1. The zero-order chi connectivity index (χ0) is 12.8. The standard InChI is InChI=1S/C12H19NO4/c1-8(2)11(12(15)16-3)10-7-9(13-17-10)5-4-6-14/h7-8,11,14H,4-6H2,1-3H3. The van der Waals surface area contributed by atoms with Crippen molar-refractivity contribution in [1.82, 2.24) is 5.16 Å². The topological polar surface area (TPSA) is 72.6 Å².